The van der Waals surface area contributed by atoms with E-state index >= 15 is 0 Å². The van der Waals surface area contributed by atoms with Gasteiger partial charge in [0.2, 0.25) is 0 Å². The van der Waals surface area contributed by atoms with Gasteiger partial charge in [-0.2, -0.15) is 0 Å². The summed E-state index contributed by atoms with van der Waals surface area (Å²) in [5.41, 5.74) is 1.40. The number of hydrogen-bond acceptors (Lipinski definition) is 6. The number of rotatable bonds is 5. The molecule has 0 fully saturated rings. The van der Waals surface area contributed by atoms with Gasteiger partial charge in [0, 0.05) is 13.7 Å². The van der Waals surface area contributed by atoms with Gasteiger partial charge in [-0.25, -0.2) is 14.6 Å². The number of fused-ring (bicyclic) bond motifs is 1. The van der Waals surface area contributed by atoms with Crippen LogP contribution in [0.25, 0.3) is 11.2 Å². The topological polar surface area (TPSA) is 77.8 Å². The van der Waals surface area contributed by atoms with Crippen LogP contribution >= 0.6 is 0 Å². The lowest BCUT2D eigenvalue weighted by molar-refractivity contribution is 0.136. The summed E-state index contributed by atoms with van der Waals surface area (Å²) in [6, 6.07) is 0. The highest BCUT2D eigenvalue weighted by Gasteiger charge is 2.09. The molecule has 1 N–H and O–H groups in total. The highest BCUT2D eigenvalue weighted by Crippen LogP contribution is 2.14. The smallest absolute Gasteiger partial charge is 0.183 e. The zero-order valence-electron chi connectivity index (χ0n) is 9.34. The van der Waals surface area contributed by atoms with Gasteiger partial charge in [0.05, 0.1) is 13.2 Å². The van der Waals surface area contributed by atoms with Gasteiger partial charge in [0.25, 0.3) is 0 Å². The molecule has 0 aliphatic rings. The van der Waals surface area contributed by atoms with E-state index in [4.69, 9.17) is 4.74 Å². The first-order chi connectivity index (χ1) is 7.86. The Bertz CT molecular complexity index is 468. The minimum Gasteiger partial charge on any atom is -0.380 e. The highest BCUT2D eigenvalue weighted by atomic mass is 16.5. The fourth-order valence-corrected chi connectivity index (χ4v) is 1.42. The second-order valence-electron chi connectivity index (χ2n) is 3.15. The van der Waals surface area contributed by atoms with Gasteiger partial charge >= 0.3 is 0 Å². The number of hydrogen-bond donors (Lipinski definition) is 1. The molecule has 2 aromatic rings. The van der Waals surface area contributed by atoms with Crippen molar-refractivity contribution in [2.75, 3.05) is 25.6 Å². The van der Waals surface area contributed by atoms with Crippen LogP contribution in [0.5, 0.6) is 0 Å². The molecule has 0 saturated carbocycles. The average Bonchev–Trinajstić information content (AvgIpc) is 2.73. The summed E-state index contributed by atoms with van der Waals surface area (Å²) in [6.07, 6.45) is 1.49. The molecule has 0 aliphatic heterocycles. The van der Waals surface area contributed by atoms with E-state index in [1.165, 1.54) is 6.33 Å². The molecule has 2 rings (SSSR count). The first kappa shape index (κ1) is 10.7. The normalized spacial score (nSPS) is 10.9. The average molecular weight is 222 g/mol. The molecule has 0 atom stereocenters. The van der Waals surface area contributed by atoms with Crippen LogP contribution in [0.3, 0.4) is 0 Å². The van der Waals surface area contributed by atoms with Crippen molar-refractivity contribution in [1.29, 1.82) is 0 Å². The van der Waals surface area contributed by atoms with Crippen LogP contribution < -0.4 is 5.32 Å². The maximum absolute atomic E-state index is 5.26. The predicted molar refractivity (Wildman–Crippen MR) is 59.2 cm³/mol. The first-order valence-corrected chi connectivity index (χ1v) is 5.16. The monoisotopic (exact) mass is 222 g/mol. The molecule has 86 valence electrons. The molecule has 7 nitrogen and oxygen atoms in total. The third-order valence-electron chi connectivity index (χ3n) is 2.19. The van der Waals surface area contributed by atoms with Gasteiger partial charge < -0.3 is 10.1 Å². The summed E-state index contributed by atoms with van der Waals surface area (Å²) < 4.78 is 6.98. The summed E-state index contributed by atoms with van der Waals surface area (Å²) in [5.74, 6) is 0.688. The van der Waals surface area contributed by atoms with Crippen LogP contribution in [0.4, 0.5) is 5.82 Å². The molecule has 0 aliphatic carbocycles. The van der Waals surface area contributed by atoms with Crippen LogP contribution in [0.15, 0.2) is 6.33 Å². The van der Waals surface area contributed by atoms with Crippen LogP contribution in [-0.4, -0.2) is 45.2 Å². The van der Waals surface area contributed by atoms with Crippen molar-refractivity contribution in [2.45, 2.75) is 13.5 Å². The minimum absolute atomic E-state index is 0.605. The molecule has 0 unspecified atom stereocenters. The van der Waals surface area contributed by atoms with Crippen molar-refractivity contribution in [3.05, 3.63) is 6.33 Å². The second-order valence-corrected chi connectivity index (χ2v) is 3.15. The Hall–Kier alpha value is -1.76. The summed E-state index contributed by atoms with van der Waals surface area (Å²) in [4.78, 5) is 8.23. The van der Waals surface area contributed by atoms with Gasteiger partial charge in [0.15, 0.2) is 17.0 Å². The van der Waals surface area contributed by atoms with Crippen LogP contribution in [-0.2, 0) is 11.3 Å². The number of nitrogens with zero attached hydrogens (tertiary/aromatic N) is 5. The largest absolute Gasteiger partial charge is 0.380 e. The Morgan fingerprint density at radius 2 is 2.31 bits per heavy atom. The van der Waals surface area contributed by atoms with Crippen LogP contribution in [0.2, 0.25) is 0 Å². The summed E-state index contributed by atoms with van der Waals surface area (Å²) >= 11 is 0. The predicted octanol–water partition coefficient (Wildman–Crippen LogP) is 0.299. The number of anilines is 1. The SMILES string of the molecule is CCOCCn1nnc2c(NC)ncnc21. The van der Waals surface area contributed by atoms with Gasteiger partial charge in [-0.3, -0.25) is 0 Å². The first-order valence-electron chi connectivity index (χ1n) is 5.16. The Balaban J connectivity index is 2.27. The lowest BCUT2D eigenvalue weighted by atomic mass is 10.5. The number of ether oxygens (including phenoxy) is 1. The lowest BCUT2D eigenvalue weighted by Crippen LogP contribution is -2.08. The molecule has 0 radical (unpaired) electrons. The Kier molecular flexibility index (Phi) is 3.25. The van der Waals surface area contributed by atoms with Crippen molar-refractivity contribution < 1.29 is 4.74 Å². The Labute approximate surface area is 92.8 Å². The van der Waals surface area contributed by atoms with E-state index in [1.54, 1.807) is 11.7 Å². The zero-order chi connectivity index (χ0) is 11.4. The zero-order valence-corrected chi connectivity index (χ0v) is 9.34. The van der Waals surface area contributed by atoms with E-state index < -0.39 is 0 Å². The molecule has 16 heavy (non-hydrogen) atoms. The molecule has 0 amide bonds. The van der Waals surface area contributed by atoms with E-state index in [0.29, 0.717) is 31.1 Å². The van der Waals surface area contributed by atoms with Crippen molar-refractivity contribution in [3.63, 3.8) is 0 Å². The molecule has 7 heteroatoms. The Morgan fingerprint density at radius 3 is 3.06 bits per heavy atom. The van der Waals surface area contributed by atoms with Crippen molar-refractivity contribution in [1.82, 2.24) is 25.0 Å². The molecule has 0 aromatic carbocycles. The fourth-order valence-electron chi connectivity index (χ4n) is 1.42. The molecule has 0 saturated heterocycles. The molecule has 2 aromatic heterocycles. The molecule has 0 spiro atoms. The lowest BCUT2D eigenvalue weighted by Gasteiger charge is -2.02. The van der Waals surface area contributed by atoms with Crippen molar-refractivity contribution in [2.24, 2.45) is 0 Å². The highest BCUT2D eigenvalue weighted by molar-refractivity contribution is 5.81. The third kappa shape index (κ3) is 1.94. The van der Waals surface area contributed by atoms with E-state index in [0.717, 1.165) is 5.65 Å². The maximum atomic E-state index is 5.26. The minimum atomic E-state index is 0.605. The van der Waals surface area contributed by atoms with E-state index in [2.05, 4.69) is 25.6 Å². The van der Waals surface area contributed by atoms with E-state index in [9.17, 15) is 0 Å². The number of aromatic nitrogens is 5. The van der Waals surface area contributed by atoms with Gasteiger partial charge in [-0.1, -0.05) is 5.21 Å². The molecule has 2 heterocycles. The van der Waals surface area contributed by atoms with Crippen molar-refractivity contribution in [3.8, 4) is 0 Å². The van der Waals surface area contributed by atoms with Gasteiger partial charge in [-0.15, -0.1) is 5.10 Å². The van der Waals surface area contributed by atoms with Crippen molar-refractivity contribution >= 4 is 17.0 Å². The van der Waals surface area contributed by atoms with Gasteiger partial charge in [0.1, 0.15) is 6.33 Å². The third-order valence-corrected chi connectivity index (χ3v) is 2.19. The van der Waals surface area contributed by atoms with Crippen LogP contribution in [0.1, 0.15) is 6.92 Å². The fraction of sp³-hybridized carbons (Fsp3) is 0.556. The van der Waals surface area contributed by atoms with E-state index in [-0.39, 0.29) is 0 Å². The summed E-state index contributed by atoms with van der Waals surface area (Å²) in [5, 5.41) is 11.0. The molecular weight excluding hydrogens is 208 g/mol. The summed E-state index contributed by atoms with van der Waals surface area (Å²) in [6.45, 7) is 3.91. The number of nitrogens with one attached hydrogen (secondary N) is 1. The standard InChI is InChI=1S/C9H14N6O/c1-3-16-5-4-15-9-7(13-14-15)8(10-2)11-6-12-9/h6H,3-5H2,1-2H3,(H,10,11,12). The maximum Gasteiger partial charge on any atom is 0.183 e. The van der Waals surface area contributed by atoms with Crippen LogP contribution in [0, 0.1) is 0 Å². The van der Waals surface area contributed by atoms with E-state index in [1.807, 2.05) is 6.92 Å². The quantitative estimate of drug-likeness (QED) is 0.733. The second kappa shape index (κ2) is 4.84. The summed E-state index contributed by atoms with van der Waals surface area (Å²) in [7, 11) is 1.79. The van der Waals surface area contributed by atoms with Gasteiger partial charge in [-0.05, 0) is 6.92 Å². The molecular formula is C9H14N6O. The molecule has 0 bridgehead atoms. The Morgan fingerprint density at radius 1 is 1.44 bits per heavy atom.